The van der Waals surface area contributed by atoms with E-state index in [2.05, 4.69) is 97.6 Å². The molecule has 0 bridgehead atoms. The van der Waals surface area contributed by atoms with E-state index in [0.717, 1.165) is 29.3 Å². The highest BCUT2D eigenvalue weighted by molar-refractivity contribution is 6.33. The molecule has 2 aliphatic rings. The molecule has 0 saturated heterocycles. The van der Waals surface area contributed by atoms with Crippen molar-refractivity contribution in [3.63, 3.8) is 0 Å². The standard InChI is InChI=1S/C28H27ClN2/c1-28(2,3)22-12-20(14-25-23-10-6-4-8-18(23)16-30-25)27(29)21(13-22)15-26-24-11-7-5-9-19(24)17-31-26/h4-11,14-17,22,30H,12-13H2,1-3H3. The highest BCUT2D eigenvalue weighted by Crippen LogP contribution is 2.46. The minimum Gasteiger partial charge on any atom is -0.361 e. The van der Waals surface area contributed by atoms with E-state index in [1.54, 1.807) is 0 Å². The van der Waals surface area contributed by atoms with E-state index in [1.165, 1.54) is 33.0 Å². The first-order valence-electron chi connectivity index (χ1n) is 10.9. The van der Waals surface area contributed by atoms with Gasteiger partial charge in [0.25, 0.3) is 0 Å². The highest BCUT2D eigenvalue weighted by atomic mass is 35.5. The van der Waals surface area contributed by atoms with Crippen molar-refractivity contribution in [1.82, 2.24) is 4.98 Å². The van der Waals surface area contributed by atoms with E-state index in [-0.39, 0.29) is 5.41 Å². The monoisotopic (exact) mass is 426 g/mol. The van der Waals surface area contributed by atoms with Gasteiger partial charge in [0.15, 0.2) is 0 Å². The second-order valence-corrected chi connectivity index (χ2v) is 10.0. The first-order chi connectivity index (χ1) is 14.9. The molecule has 3 aromatic rings. The van der Waals surface area contributed by atoms with Gasteiger partial charge in [0.05, 0.1) is 5.70 Å². The summed E-state index contributed by atoms with van der Waals surface area (Å²) in [6, 6.07) is 16.8. The average Bonchev–Trinajstić information content (AvgIpc) is 3.35. The summed E-state index contributed by atoms with van der Waals surface area (Å²) in [5.74, 6) is 0.509. The first-order valence-corrected chi connectivity index (χ1v) is 11.3. The zero-order chi connectivity index (χ0) is 21.6. The lowest BCUT2D eigenvalue weighted by Gasteiger charge is -2.35. The van der Waals surface area contributed by atoms with E-state index in [9.17, 15) is 0 Å². The zero-order valence-corrected chi connectivity index (χ0v) is 19.0. The molecule has 0 amide bonds. The van der Waals surface area contributed by atoms with Crippen LogP contribution in [0, 0.1) is 11.3 Å². The molecule has 156 valence electrons. The van der Waals surface area contributed by atoms with Crippen LogP contribution >= 0.6 is 11.6 Å². The summed E-state index contributed by atoms with van der Waals surface area (Å²) in [6.45, 7) is 6.98. The third kappa shape index (κ3) is 3.81. The molecule has 3 heteroatoms. The van der Waals surface area contributed by atoms with Crippen molar-refractivity contribution in [1.29, 1.82) is 0 Å². The molecule has 1 aliphatic carbocycles. The van der Waals surface area contributed by atoms with Gasteiger partial charge >= 0.3 is 0 Å². The number of H-pyrrole nitrogens is 1. The van der Waals surface area contributed by atoms with E-state index < -0.39 is 0 Å². The Morgan fingerprint density at radius 1 is 1.00 bits per heavy atom. The largest absolute Gasteiger partial charge is 0.361 e. The van der Waals surface area contributed by atoms with Crippen molar-refractivity contribution in [2.24, 2.45) is 16.3 Å². The molecule has 0 radical (unpaired) electrons. The number of aliphatic imine (C=N–C) groups is 1. The van der Waals surface area contributed by atoms with Gasteiger partial charge in [-0.15, -0.1) is 0 Å². The molecule has 1 unspecified atom stereocenters. The molecule has 2 heterocycles. The molecule has 2 aromatic carbocycles. The quantitative estimate of drug-likeness (QED) is 0.430. The Bertz CT molecular complexity index is 1280. The molecule has 1 aliphatic heterocycles. The maximum Gasteiger partial charge on any atom is 0.0712 e. The third-order valence-corrected chi connectivity index (χ3v) is 7.05. The summed E-state index contributed by atoms with van der Waals surface area (Å²) in [7, 11) is 0. The lowest BCUT2D eigenvalue weighted by atomic mass is 9.70. The number of hydrogen-bond acceptors (Lipinski definition) is 1. The molecule has 1 atom stereocenters. The van der Waals surface area contributed by atoms with Gasteiger partial charge in [-0.1, -0.05) is 80.9 Å². The smallest absolute Gasteiger partial charge is 0.0712 e. The lowest BCUT2D eigenvalue weighted by molar-refractivity contribution is 0.234. The Labute approximate surface area is 189 Å². The number of halogens is 1. The second kappa shape index (κ2) is 7.69. The van der Waals surface area contributed by atoms with E-state index in [1.807, 2.05) is 6.21 Å². The van der Waals surface area contributed by atoms with Crippen molar-refractivity contribution in [2.75, 3.05) is 0 Å². The third-order valence-electron chi connectivity index (χ3n) is 6.56. The molecular formula is C28H27ClN2. The van der Waals surface area contributed by atoms with Crippen molar-refractivity contribution >= 4 is 40.4 Å². The van der Waals surface area contributed by atoms with Crippen LogP contribution < -0.4 is 0 Å². The van der Waals surface area contributed by atoms with Crippen molar-refractivity contribution < 1.29 is 0 Å². The summed E-state index contributed by atoms with van der Waals surface area (Å²) in [5, 5.41) is 3.31. The van der Waals surface area contributed by atoms with E-state index >= 15 is 0 Å². The molecule has 1 N–H and O–H groups in total. The number of nitrogens with zero attached hydrogens (tertiary/aromatic N) is 1. The van der Waals surface area contributed by atoms with Gasteiger partial charge in [-0.25, -0.2) is 0 Å². The number of aromatic amines is 1. The van der Waals surface area contributed by atoms with Gasteiger partial charge in [-0.2, -0.15) is 0 Å². The van der Waals surface area contributed by atoms with Gasteiger partial charge in [0, 0.05) is 39.7 Å². The van der Waals surface area contributed by atoms with Gasteiger partial charge in [-0.05, 0) is 52.9 Å². The van der Waals surface area contributed by atoms with Crippen LogP contribution in [-0.4, -0.2) is 11.2 Å². The van der Waals surface area contributed by atoms with Crippen molar-refractivity contribution in [3.8, 4) is 0 Å². The van der Waals surface area contributed by atoms with Gasteiger partial charge < -0.3 is 4.98 Å². The fourth-order valence-corrected chi connectivity index (χ4v) is 4.84. The minimum absolute atomic E-state index is 0.190. The van der Waals surface area contributed by atoms with E-state index in [0.29, 0.717) is 5.92 Å². The molecule has 0 fully saturated rings. The normalized spacial score (nSPS) is 21.5. The number of fused-ring (bicyclic) bond motifs is 2. The van der Waals surface area contributed by atoms with Crippen LogP contribution in [0.4, 0.5) is 0 Å². The summed E-state index contributed by atoms with van der Waals surface area (Å²) in [4.78, 5) is 8.12. The molecule has 0 spiro atoms. The predicted octanol–water partition coefficient (Wildman–Crippen LogP) is 7.97. The second-order valence-electron chi connectivity index (χ2n) is 9.64. The number of aromatic nitrogens is 1. The number of hydrogen-bond donors (Lipinski definition) is 1. The Morgan fingerprint density at radius 2 is 1.77 bits per heavy atom. The van der Waals surface area contributed by atoms with Crippen LogP contribution in [-0.2, 0) is 0 Å². The molecule has 5 rings (SSSR count). The SMILES string of the molecule is CC(C)(C)C1CC(=Cc2[nH]cc3ccccc23)C(Cl)=C(C=C2N=Cc3ccccc32)C1. The Morgan fingerprint density at radius 3 is 2.61 bits per heavy atom. The Hall–Kier alpha value is -2.84. The number of nitrogens with one attached hydrogen (secondary N) is 1. The van der Waals surface area contributed by atoms with Gasteiger partial charge in [-0.3, -0.25) is 4.99 Å². The topological polar surface area (TPSA) is 28.1 Å². The average molecular weight is 427 g/mol. The fraction of sp³-hybridized carbons (Fsp3) is 0.250. The molecule has 1 aromatic heterocycles. The summed E-state index contributed by atoms with van der Waals surface area (Å²) in [6.07, 6.45) is 10.4. The maximum atomic E-state index is 7.04. The fourth-order valence-electron chi connectivity index (χ4n) is 4.57. The lowest BCUT2D eigenvalue weighted by Crippen LogP contribution is -2.24. The van der Waals surface area contributed by atoms with Crippen molar-refractivity contribution in [3.05, 3.63) is 93.8 Å². The summed E-state index contributed by atoms with van der Waals surface area (Å²) < 4.78 is 0. The molecule has 0 saturated carbocycles. The number of benzene rings is 2. The molecule has 31 heavy (non-hydrogen) atoms. The van der Waals surface area contributed by atoms with Crippen LogP contribution in [0.3, 0.4) is 0 Å². The summed E-state index contributed by atoms with van der Waals surface area (Å²) in [5.41, 5.74) is 7.04. The van der Waals surface area contributed by atoms with Crippen LogP contribution in [0.2, 0.25) is 0 Å². The van der Waals surface area contributed by atoms with Gasteiger partial charge in [0.2, 0.25) is 0 Å². The number of allylic oxidation sites excluding steroid dienone is 4. The minimum atomic E-state index is 0.190. The van der Waals surface area contributed by atoms with Crippen LogP contribution in [0.1, 0.15) is 50.4 Å². The zero-order valence-electron chi connectivity index (χ0n) is 18.2. The Kier molecular flexibility index (Phi) is 4.98. The van der Waals surface area contributed by atoms with Crippen LogP contribution in [0.15, 0.2) is 82.0 Å². The van der Waals surface area contributed by atoms with Crippen LogP contribution in [0.5, 0.6) is 0 Å². The molecular weight excluding hydrogens is 400 g/mol. The highest BCUT2D eigenvalue weighted by Gasteiger charge is 2.32. The predicted molar refractivity (Wildman–Crippen MR) is 133 cm³/mol. The summed E-state index contributed by atoms with van der Waals surface area (Å²) >= 11 is 7.04. The van der Waals surface area contributed by atoms with Gasteiger partial charge in [0.1, 0.15) is 0 Å². The maximum absolute atomic E-state index is 7.04. The first kappa shape index (κ1) is 20.1. The Balaban J connectivity index is 1.61. The van der Waals surface area contributed by atoms with Crippen LogP contribution in [0.25, 0.3) is 22.5 Å². The number of rotatable bonds is 2. The van der Waals surface area contributed by atoms with Crippen molar-refractivity contribution in [2.45, 2.75) is 33.6 Å². The molecule has 2 nitrogen and oxygen atoms in total. The van der Waals surface area contributed by atoms with E-state index in [4.69, 9.17) is 11.6 Å².